The third kappa shape index (κ3) is 2.82. The number of nitrogens with one attached hydrogen (secondary N) is 1. The van der Waals surface area contributed by atoms with E-state index in [-0.39, 0.29) is 15.7 Å². The van der Waals surface area contributed by atoms with Crippen LogP contribution in [-0.4, -0.2) is 0 Å². The van der Waals surface area contributed by atoms with Crippen LogP contribution in [0.1, 0.15) is 11.1 Å². The molecule has 6 heteroatoms. The van der Waals surface area contributed by atoms with Crippen LogP contribution in [0.2, 0.25) is 0 Å². The van der Waals surface area contributed by atoms with E-state index >= 15 is 0 Å². The van der Waals surface area contributed by atoms with Gasteiger partial charge < -0.3 is 5.32 Å². The minimum atomic E-state index is -0.576. The van der Waals surface area contributed by atoms with E-state index in [9.17, 15) is 4.39 Å². The Morgan fingerprint density at radius 1 is 0.950 bits per heavy atom. The summed E-state index contributed by atoms with van der Waals surface area (Å²) in [5, 5.41) is 20.7. The minimum absolute atomic E-state index is 0.0958. The van der Waals surface area contributed by atoms with E-state index in [4.69, 9.17) is 10.5 Å². The maximum Gasteiger partial charge on any atom is 0.162 e. The summed E-state index contributed by atoms with van der Waals surface area (Å²) in [4.78, 5) is 0. The van der Waals surface area contributed by atoms with Crippen LogP contribution in [0.15, 0.2) is 39.3 Å². The largest absolute Gasteiger partial charge is 0.352 e. The van der Waals surface area contributed by atoms with E-state index in [1.165, 1.54) is 12.1 Å². The van der Waals surface area contributed by atoms with Gasteiger partial charge in [-0.05, 0) is 46.3 Å². The van der Waals surface area contributed by atoms with Crippen molar-refractivity contribution in [1.82, 2.24) is 0 Å². The molecule has 0 unspecified atom stereocenters. The number of hydrogen-bond acceptors (Lipinski definition) is 3. The van der Waals surface area contributed by atoms with E-state index < -0.39 is 5.82 Å². The fraction of sp³-hybridized carbons (Fsp3) is 0. The first-order valence-corrected chi connectivity index (χ1v) is 7.00. The first-order valence-electron chi connectivity index (χ1n) is 5.41. The predicted octanol–water partition coefficient (Wildman–Crippen LogP) is 4.84. The van der Waals surface area contributed by atoms with Gasteiger partial charge in [0, 0.05) is 4.47 Å². The molecule has 0 aliphatic rings. The molecule has 3 nitrogen and oxygen atoms in total. The highest BCUT2D eigenvalue weighted by molar-refractivity contribution is 9.10. The second kappa shape index (κ2) is 6.04. The average molecular weight is 395 g/mol. The molecule has 2 aromatic carbocycles. The lowest BCUT2D eigenvalue weighted by molar-refractivity contribution is 0.624. The Kier molecular flexibility index (Phi) is 4.39. The molecule has 0 aliphatic heterocycles. The summed E-state index contributed by atoms with van der Waals surface area (Å²) in [6, 6.07) is 11.9. The molecule has 0 fully saturated rings. The number of halogens is 3. The number of rotatable bonds is 2. The zero-order valence-electron chi connectivity index (χ0n) is 9.92. The maximum atomic E-state index is 14.1. The Hall–Kier alpha value is -1.89. The Balaban J connectivity index is 2.47. The SMILES string of the molecule is N#Cc1ccc(Br)cc1Nc1ccc(C#N)c(Br)c1F. The molecule has 0 radical (unpaired) electrons. The van der Waals surface area contributed by atoms with E-state index in [0.29, 0.717) is 11.3 Å². The smallest absolute Gasteiger partial charge is 0.162 e. The number of nitriles is 2. The third-order valence-electron chi connectivity index (χ3n) is 2.57. The molecule has 0 aliphatic carbocycles. The molecular formula is C14H6Br2FN3. The lowest BCUT2D eigenvalue weighted by atomic mass is 10.1. The van der Waals surface area contributed by atoms with Crippen molar-refractivity contribution in [2.24, 2.45) is 0 Å². The molecule has 98 valence electrons. The molecule has 0 saturated heterocycles. The zero-order chi connectivity index (χ0) is 14.7. The Morgan fingerprint density at radius 2 is 1.60 bits per heavy atom. The molecule has 0 amide bonds. The summed E-state index contributed by atoms with van der Waals surface area (Å²) in [6.45, 7) is 0. The molecule has 20 heavy (non-hydrogen) atoms. The van der Waals surface area contributed by atoms with E-state index in [1.807, 2.05) is 12.1 Å². The van der Waals surface area contributed by atoms with Crippen LogP contribution in [0.5, 0.6) is 0 Å². The van der Waals surface area contributed by atoms with Gasteiger partial charge in [0.1, 0.15) is 12.1 Å². The van der Waals surface area contributed by atoms with Crippen molar-refractivity contribution >= 4 is 43.2 Å². The van der Waals surface area contributed by atoms with Crippen molar-refractivity contribution in [1.29, 1.82) is 10.5 Å². The fourth-order valence-corrected chi connectivity index (χ4v) is 2.39. The van der Waals surface area contributed by atoms with Gasteiger partial charge in [-0.3, -0.25) is 0 Å². The van der Waals surface area contributed by atoms with E-state index in [1.54, 1.807) is 18.2 Å². The van der Waals surface area contributed by atoms with Crippen molar-refractivity contribution in [3.05, 3.63) is 56.2 Å². The Morgan fingerprint density at radius 3 is 2.25 bits per heavy atom. The monoisotopic (exact) mass is 393 g/mol. The van der Waals surface area contributed by atoms with Crippen molar-refractivity contribution in [3.8, 4) is 12.1 Å². The van der Waals surface area contributed by atoms with Gasteiger partial charge in [0.25, 0.3) is 0 Å². The topological polar surface area (TPSA) is 59.6 Å². The van der Waals surface area contributed by atoms with Crippen LogP contribution >= 0.6 is 31.9 Å². The van der Waals surface area contributed by atoms with Crippen LogP contribution in [0.4, 0.5) is 15.8 Å². The summed E-state index contributed by atoms with van der Waals surface area (Å²) in [5.74, 6) is -0.576. The van der Waals surface area contributed by atoms with Gasteiger partial charge in [0.15, 0.2) is 5.82 Å². The van der Waals surface area contributed by atoms with Crippen molar-refractivity contribution in [3.63, 3.8) is 0 Å². The maximum absolute atomic E-state index is 14.1. The lowest BCUT2D eigenvalue weighted by Crippen LogP contribution is -1.98. The number of hydrogen-bond donors (Lipinski definition) is 1. The molecular weight excluding hydrogens is 389 g/mol. The first-order chi connectivity index (χ1) is 9.56. The third-order valence-corrected chi connectivity index (χ3v) is 3.84. The van der Waals surface area contributed by atoms with Crippen molar-refractivity contribution in [2.75, 3.05) is 5.32 Å². The highest BCUT2D eigenvalue weighted by atomic mass is 79.9. The van der Waals surface area contributed by atoms with E-state index in [0.717, 1.165) is 4.47 Å². The molecule has 0 spiro atoms. The standard InChI is InChI=1S/C14H6Br2FN3/c15-10-3-1-8(6-18)12(5-10)20-11-4-2-9(7-19)13(16)14(11)17/h1-5,20H. The van der Waals surface area contributed by atoms with Gasteiger partial charge in [-0.2, -0.15) is 10.5 Å². The molecule has 0 saturated carbocycles. The molecule has 2 rings (SSSR count). The van der Waals surface area contributed by atoms with Crippen molar-refractivity contribution in [2.45, 2.75) is 0 Å². The Labute approximate surface area is 131 Å². The van der Waals surface area contributed by atoms with Crippen LogP contribution in [0.25, 0.3) is 0 Å². The molecule has 0 bridgehead atoms. The van der Waals surface area contributed by atoms with Gasteiger partial charge in [-0.15, -0.1) is 0 Å². The summed E-state index contributed by atoms with van der Waals surface area (Å²) in [6.07, 6.45) is 0. The van der Waals surface area contributed by atoms with Crippen LogP contribution in [0, 0.1) is 28.5 Å². The molecule has 0 aromatic heterocycles. The number of benzene rings is 2. The summed E-state index contributed by atoms with van der Waals surface area (Å²) in [5.41, 5.74) is 1.28. The first kappa shape index (κ1) is 14.5. The van der Waals surface area contributed by atoms with Crippen LogP contribution in [-0.2, 0) is 0 Å². The number of anilines is 2. The van der Waals surface area contributed by atoms with Gasteiger partial charge in [0.05, 0.1) is 27.0 Å². The quantitative estimate of drug-likeness (QED) is 0.792. The fourth-order valence-electron chi connectivity index (χ4n) is 1.59. The van der Waals surface area contributed by atoms with Crippen LogP contribution in [0.3, 0.4) is 0 Å². The van der Waals surface area contributed by atoms with Gasteiger partial charge >= 0.3 is 0 Å². The Bertz CT molecular complexity index is 760. The summed E-state index contributed by atoms with van der Waals surface area (Å²) < 4.78 is 15.0. The molecule has 1 N–H and O–H groups in total. The molecule has 0 heterocycles. The summed E-state index contributed by atoms with van der Waals surface area (Å²) >= 11 is 6.34. The van der Waals surface area contributed by atoms with Crippen LogP contribution < -0.4 is 5.32 Å². The van der Waals surface area contributed by atoms with Gasteiger partial charge in [-0.1, -0.05) is 15.9 Å². The average Bonchev–Trinajstić information content (AvgIpc) is 2.44. The van der Waals surface area contributed by atoms with Gasteiger partial charge in [0.2, 0.25) is 0 Å². The number of nitrogens with zero attached hydrogens (tertiary/aromatic N) is 2. The highest BCUT2D eigenvalue weighted by Crippen LogP contribution is 2.30. The minimum Gasteiger partial charge on any atom is -0.352 e. The summed E-state index contributed by atoms with van der Waals surface area (Å²) in [7, 11) is 0. The second-order valence-corrected chi connectivity index (χ2v) is 5.54. The normalized spacial score (nSPS) is 9.65. The molecule has 0 atom stereocenters. The second-order valence-electron chi connectivity index (χ2n) is 3.83. The molecule has 2 aromatic rings. The predicted molar refractivity (Wildman–Crippen MR) is 81.0 cm³/mol. The van der Waals surface area contributed by atoms with E-state index in [2.05, 4.69) is 37.2 Å². The highest BCUT2D eigenvalue weighted by Gasteiger charge is 2.12. The van der Waals surface area contributed by atoms with Gasteiger partial charge in [-0.25, -0.2) is 4.39 Å². The zero-order valence-corrected chi connectivity index (χ0v) is 13.1. The lowest BCUT2D eigenvalue weighted by Gasteiger charge is -2.11. The van der Waals surface area contributed by atoms with Crippen molar-refractivity contribution < 1.29 is 4.39 Å².